The summed E-state index contributed by atoms with van der Waals surface area (Å²) >= 11 is 0. The Kier molecular flexibility index (Phi) is 2.35. The highest BCUT2D eigenvalue weighted by atomic mass is 19.4. The van der Waals surface area contributed by atoms with Gasteiger partial charge in [-0.3, -0.25) is 0 Å². The van der Waals surface area contributed by atoms with E-state index in [0.29, 0.717) is 4.57 Å². The molecule has 1 aromatic rings. The van der Waals surface area contributed by atoms with Crippen LogP contribution < -0.4 is 0 Å². The Morgan fingerprint density at radius 3 is 2.58 bits per heavy atom. The highest BCUT2D eigenvalue weighted by Crippen LogP contribution is 2.28. The maximum atomic E-state index is 12.0. The van der Waals surface area contributed by atoms with E-state index in [4.69, 9.17) is 0 Å². The van der Waals surface area contributed by atoms with Gasteiger partial charge in [0.25, 0.3) is 0 Å². The summed E-state index contributed by atoms with van der Waals surface area (Å²) in [5, 5.41) is 0. The molecule has 0 atom stereocenters. The van der Waals surface area contributed by atoms with Crippen molar-refractivity contribution in [3.63, 3.8) is 0 Å². The van der Waals surface area contributed by atoms with Crippen molar-refractivity contribution in [3.8, 4) is 0 Å². The maximum absolute atomic E-state index is 12.0. The molecule has 66 valence electrons. The molecule has 0 fully saturated rings. The van der Waals surface area contributed by atoms with Crippen molar-refractivity contribution >= 4 is 0 Å². The van der Waals surface area contributed by atoms with E-state index in [0.717, 1.165) is 0 Å². The van der Waals surface area contributed by atoms with Crippen LogP contribution in [0.15, 0.2) is 0 Å². The molecule has 1 heterocycles. The van der Waals surface area contributed by atoms with Crippen molar-refractivity contribution in [2.75, 3.05) is 6.67 Å². The summed E-state index contributed by atoms with van der Waals surface area (Å²) in [7, 11) is 0. The van der Waals surface area contributed by atoms with E-state index >= 15 is 0 Å². The van der Waals surface area contributed by atoms with Gasteiger partial charge in [0, 0.05) is 0 Å². The van der Waals surface area contributed by atoms with Crippen molar-refractivity contribution < 1.29 is 17.6 Å². The quantitative estimate of drug-likeness (QED) is 0.630. The number of aryl methyl sites for hydroxylation is 1. The predicted octanol–water partition coefficient (Wildman–Crippen LogP) is 1.47. The second-order valence-corrected chi connectivity index (χ2v) is 2.01. The van der Waals surface area contributed by atoms with E-state index in [-0.39, 0.29) is 0 Å². The van der Waals surface area contributed by atoms with E-state index in [1.165, 1.54) is 0 Å². The van der Waals surface area contributed by atoms with Crippen LogP contribution in [0.1, 0.15) is 5.69 Å². The van der Waals surface area contributed by atoms with Gasteiger partial charge in [0.2, 0.25) is 0 Å². The fraction of sp³-hybridized carbons (Fsp3) is 0.500. The minimum atomic E-state index is -4.54. The molecule has 0 spiro atoms. The molecule has 0 saturated heterocycles. The van der Waals surface area contributed by atoms with Crippen LogP contribution in [0.2, 0.25) is 0 Å². The fourth-order valence-electron chi connectivity index (χ4n) is 0.711. The summed E-state index contributed by atoms with van der Waals surface area (Å²) in [6, 6.07) is 0. The molecule has 1 rings (SSSR count). The molecule has 0 aliphatic rings. The van der Waals surface area contributed by atoms with Gasteiger partial charge in [0.05, 0.1) is 6.54 Å². The number of nitrogens with zero attached hydrogens (tertiary/aromatic N) is 2. The van der Waals surface area contributed by atoms with Gasteiger partial charge in [-0.25, -0.2) is 9.37 Å². The number of imidazole rings is 1. The van der Waals surface area contributed by atoms with Gasteiger partial charge in [-0.15, -0.1) is 0 Å². The molecular formula is C6H4F4N2. The van der Waals surface area contributed by atoms with Crippen molar-refractivity contribution in [2.24, 2.45) is 0 Å². The first-order valence-electron chi connectivity index (χ1n) is 3.04. The van der Waals surface area contributed by atoms with E-state index in [2.05, 4.69) is 4.98 Å². The molecule has 0 N–H and O–H groups in total. The number of rotatable bonds is 2. The molecule has 2 radical (unpaired) electrons. The van der Waals surface area contributed by atoms with Gasteiger partial charge in [0.15, 0.2) is 12.0 Å². The van der Waals surface area contributed by atoms with Gasteiger partial charge in [-0.05, 0) is 0 Å². The lowest BCUT2D eigenvalue weighted by Crippen LogP contribution is -2.14. The molecule has 0 saturated carbocycles. The summed E-state index contributed by atoms with van der Waals surface area (Å²) in [5.74, 6) is 0. The van der Waals surface area contributed by atoms with Gasteiger partial charge in [-0.2, -0.15) is 13.2 Å². The maximum Gasteiger partial charge on any atom is 0.433 e. The second kappa shape index (κ2) is 3.12. The number of hydrogen-bond acceptors (Lipinski definition) is 1. The SMILES string of the molecule is FCCn1[c]n[c]c1C(F)(F)F. The third-order valence-corrected chi connectivity index (χ3v) is 1.18. The molecule has 0 aliphatic carbocycles. The average molecular weight is 180 g/mol. The van der Waals surface area contributed by atoms with Crippen molar-refractivity contribution in [2.45, 2.75) is 12.7 Å². The first-order valence-corrected chi connectivity index (χ1v) is 3.04. The predicted molar refractivity (Wildman–Crippen MR) is 30.9 cm³/mol. The van der Waals surface area contributed by atoms with Crippen LogP contribution in [-0.2, 0) is 12.7 Å². The normalized spacial score (nSPS) is 12.0. The van der Waals surface area contributed by atoms with Crippen LogP contribution in [0.25, 0.3) is 0 Å². The fourth-order valence-corrected chi connectivity index (χ4v) is 0.711. The highest BCUT2D eigenvalue weighted by molar-refractivity contribution is 5.00. The van der Waals surface area contributed by atoms with Gasteiger partial charge >= 0.3 is 6.18 Å². The van der Waals surface area contributed by atoms with E-state index in [1.54, 1.807) is 6.20 Å². The first kappa shape index (κ1) is 9.02. The van der Waals surface area contributed by atoms with Crippen LogP contribution >= 0.6 is 0 Å². The standard InChI is InChI=1S/C6H4F4N2/c7-1-2-12-4-11-3-5(12)6(8,9)10/h1-2H2. The summed E-state index contributed by atoms with van der Waals surface area (Å²) in [6.45, 7) is -1.28. The van der Waals surface area contributed by atoms with Crippen molar-refractivity contribution in [3.05, 3.63) is 18.2 Å². The largest absolute Gasteiger partial charge is 0.433 e. The van der Waals surface area contributed by atoms with Gasteiger partial charge < -0.3 is 4.57 Å². The molecule has 0 aromatic carbocycles. The van der Waals surface area contributed by atoms with Crippen LogP contribution in [0.4, 0.5) is 17.6 Å². The van der Waals surface area contributed by atoms with Crippen molar-refractivity contribution in [1.29, 1.82) is 0 Å². The summed E-state index contributed by atoms with van der Waals surface area (Å²) < 4.78 is 48.1. The van der Waals surface area contributed by atoms with Crippen LogP contribution in [0.3, 0.4) is 0 Å². The van der Waals surface area contributed by atoms with Crippen LogP contribution in [-0.4, -0.2) is 16.2 Å². The van der Waals surface area contributed by atoms with Gasteiger partial charge in [0.1, 0.15) is 12.9 Å². The summed E-state index contributed by atoms with van der Waals surface area (Å²) in [5.41, 5.74) is -1.10. The molecular weight excluding hydrogens is 176 g/mol. The van der Waals surface area contributed by atoms with E-state index < -0.39 is 25.1 Å². The Morgan fingerprint density at radius 1 is 1.42 bits per heavy atom. The lowest BCUT2D eigenvalue weighted by atomic mass is 10.4. The Morgan fingerprint density at radius 2 is 2.08 bits per heavy atom. The smallest absolute Gasteiger partial charge is 0.315 e. The lowest BCUT2D eigenvalue weighted by Gasteiger charge is -2.07. The number of hydrogen-bond donors (Lipinski definition) is 0. The van der Waals surface area contributed by atoms with Gasteiger partial charge in [-0.1, -0.05) is 0 Å². The number of aromatic nitrogens is 2. The Hall–Kier alpha value is -1.07. The zero-order chi connectivity index (χ0) is 9.19. The molecule has 0 amide bonds. The highest BCUT2D eigenvalue weighted by Gasteiger charge is 2.35. The first-order chi connectivity index (χ1) is 5.55. The summed E-state index contributed by atoms with van der Waals surface area (Å²) in [4.78, 5) is 3.03. The number of alkyl halides is 4. The van der Waals surface area contributed by atoms with E-state index in [1.807, 2.05) is 6.33 Å². The molecule has 0 unspecified atom stereocenters. The minimum Gasteiger partial charge on any atom is -0.315 e. The van der Waals surface area contributed by atoms with Crippen LogP contribution in [0.5, 0.6) is 0 Å². The molecule has 0 aliphatic heterocycles. The molecule has 6 heteroatoms. The lowest BCUT2D eigenvalue weighted by molar-refractivity contribution is -0.143. The summed E-state index contributed by atoms with van der Waals surface area (Å²) in [6.07, 6.45) is -0.879. The Balaban J connectivity index is 2.91. The Labute approximate surface area is 65.8 Å². The topological polar surface area (TPSA) is 17.8 Å². The van der Waals surface area contributed by atoms with Crippen molar-refractivity contribution in [1.82, 2.24) is 9.55 Å². The zero-order valence-electron chi connectivity index (χ0n) is 5.82. The number of halogens is 4. The minimum absolute atomic E-state index is 0.397. The third-order valence-electron chi connectivity index (χ3n) is 1.18. The molecule has 2 nitrogen and oxygen atoms in total. The van der Waals surface area contributed by atoms with E-state index in [9.17, 15) is 17.6 Å². The second-order valence-electron chi connectivity index (χ2n) is 2.01. The van der Waals surface area contributed by atoms with Crippen LogP contribution in [0, 0.1) is 12.5 Å². The third kappa shape index (κ3) is 1.75. The average Bonchev–Trinajstić information content (AvgIpc) is 2.34. The molecule has 12 heavy (non-hydrogen) atoms. The monoisotopic (exact) mass is 180 g/mol. The Bertz CT molecular complexity index is 252. The molecule has 0 bridgehead atoms. The zero-order valence-corrected chi connectivity index (χ0v) is 5.82. The molecule has 1 aromatic heterocycles.